The van der Waals surface area contributed by atoms with E-state index in [1.165, 1.54) is 12.1 Å². The van der Waals surface area contributed by atoms with Crippen molar-refractivity contribution in [1.29, 1.82) is 0 Å². The van der Waals surface area contributed by atoms with E-state index in [1.54, 1.807) is 41.8 Å². The minimum Gasteiger partial charge on any atom is -0.396 e. The zero-order valence-electron chi connectivity index (χ0n) is 16.9. The lowest BCUT2D eigenvalue weighted by molar-refractivity contribution is -0.135. The van der Waals surface area contributed by atoms with Crippen LogP contribution in [0.5, 0.6) is 0 Å². The number of hydrogen-bond acceptors (Lipinski definition) is 4. The Kier molecular flexibility index (Phi) is 5.04. The summed E-state index contributed by atoms with van der Waals surface area (Å²) in [5, 5.41) is 10.1. The molecular formula is C22H26FN3O3. The largest absolute Gasteiger partial charge is 0.396 e. The fraction of sp³-hybridized carbons (Fsp3) is 0.455. The highest BCUT2D eigenvalue weighted by Crippen LogP contribution is 2.49. The molecule has 3 heterocycles. The smallest absolute Gasteiger partial charge is 0.258 e. The number of hydrogen-bond donors (Lipinski definition) is 1. The number of nitrogens with zero attached hydrogens (tertiary/aromatic N) is 3. The molecule has 0 saturated carbocycles. The first kappa shape index (κ1) is 19.8. The second kappa shape index (κ2) is 7.39. The van der Waals surface area contributed by atoms with Crippen LogP contribution < -0.4 is 5.56 Å². The summed E-state index contributed by atoms with van der Waals surface area (Å²) >= 11 is 0. The van der Waals surface area contributed by atoms with Gasteiger partial charge in [0.2, 0.25) is 5.91 Å². The van der Waals surface area contributed by atoms with Crippen LogP contribution in [0.1, 0.15) is 18.7 Å². The minimum atomic E-state index is -0.393. The van der Waals surface area contributed by atoms with E-state index in [-0.39, 0.29) is 41.8 Å². The maximum absolute atomic E-state index is 13.3. The molecule has 7 heteroatoms. The zero-order chi connectivity index (χ0) is 20.9. The summed E-state index contributed by atoms with van der Waals surface area (Å²) in [5.41, 5.74) is 1.96. The van der Waals surface area contributed by atoms with Crippen molar-refractivity contribution in [2.24, 2.45) is 11.8 Å². The number of aliphatic hydroxyl groups is 1. The van der Waals surface area contributed by atoms with E-state index in [2.05, 4.69) is 4.90 Å². The van der Waals surface area contributed by atoms with Crippen molar-refractivity contribution in [3.63, 3.8) is 0 Å². The number of halogens is 1. The maximum Gasteiger partial charge on any atom is 0.258 e. The SMILES string of the molecule is CCN1[C@H](C(=O)N(C)C)[C@@H](CO)[C@@H]2Cn3c(ccc(-c4ccc(F)cc4)c3=O)[C@@H]21. The molecule has 1 N–H and O–H groups in total. The van der Waals surface area contributed by atoms with Gasteiger partial charge in [0, 0.05) is 50.3 Å². The molecule has 1 aromatic heterocycles. The average Bonchev–Trinajstić information content (AvgIpc) is 3.23. The molecule has 0 spiro atoms. The number of fused-ring (bicyclic) bond motifs is 3. The Bertz CT molecular complexity index is 986. The standard InChI is InChI=1S/C22H26FN3O3/c1-4-25-19-16(17(12-27)20(25)22(29)24(2)3)11-26-18(19)10-9-15(21(26)28)13-5-7-14(23)8-6-13/h5-10,16-17,19-20,27H,4,11-12H2,1-3H3/t16-,17-,19+,20-/m0/s1. The molecule has 2 aromatic rings. The number of rotatable bonds is 4. The summed E-state index contributed by atoms with van der Waals surface area (Å²) in [7, 11) is 3.46. The third kappa shape index (κ3) is 3.00. The summed E-state index contributed by atoms with van der Waals surface area (Å²) in [5.74, 6) is -0.601. The topological polar surface area (TPSA) is 65.8 Å². The predicted molar refractivity (Wildman–Crippen MR) is 108 cm³/mol. The molecule has 1 aromatic carbocycles. The van der Waals surface area contributed by atoms with Gasteiger partial charge in [-0.05, 0) is 36.4 Å². The van der Waals surface area contributed by atoms with Crippen LogP contribution in [-0.4, -0.2) is 58.7 Å². The molecule has 6 nitrogen and oxygen atoms in total. The van der Waals surface area contributed by atoms with Crippen LogP contribution in [0.2, 0.25) is 0 Å². The van der Waals surface area contributed by atoms with Crippen LogP contribution in [0.4, 0.5) is 4.39 Å². The Morgan fingerprint density at radius 3 is 2.48 bits per heavy atom. The van der Waals surface area contributed by atoms with Gasteiger partial charge in [-0.15, -0.1) is 0 Å². The van der Waals surface area contributed by atoms with Gasteiger partial charge in [0.1, 0.15) is 5.82 Å². The van der Waals surface area contributed by atoms with Crippen LogP contribution in [0.3, 0.4) is 0 Å². The Morgan fingerprint density at radius 2 is 1.90 bits per heavy atom. The van der Waals surface area contributed by atoms with Crippen molar-refractivity contribution >= 4 is 5.91 Å². The molecule has 2 aliphatic rings. The van der Waals surface area contributed by atoms with Gasteiger partial charge in [-0.1, -0.05) is 19.1 Å². The third-order valence-corrected chi connectivity index (χ3v) is 6.41. The second-order valence-electron chi connectivity index (χ2n) is 8.06. The predicted octanol–water partition coefficient (Wildman–Crippen LogP) is 1.73. The van der Waals surface area contributed by atoms with E-state index in [4.69, 9.17) is 0 Å². The Hall–Kier alpha value is -2.51. The third-order valence-electron chi connectivity index (χ3n) is 6.41. The Morgan fingerprint density at radius 1 is 1.21 bits per heavy atom. The summed E-state index contributed by atoms with van der Waals surface area (Å²) < 4.78 is 15.0. The number of carbonyl (C=O) groups is 1. The molecular weight excluding hydrogens is 373 g/mol. The highest BCUT2D eigenvalue weighted by molar-refractivity contribution is 5.82. The van der Waals surface area contributed by atoms with Crippen molar-refractivity contribution in [3.8, 4) is 11.1 Å². The van der Waals surface area contributed by atoms with Gasteiger partial charge in [0.25, 0.3) is 5.56 Å². The van der Waals surface area contributed by atoms with Crippen LogP contribution in [0.25, 0.3) is 11.1 Å². The molecule has 0 radical (unpaired) electrons. The first-order chi connectivity index (χ1) is 13.9. The van der Waals surface area contributed by atoms with E-state index < -0.39 is 6.04 Å². The number of benzene rings is 1. The molecule has 0 aliphatic carbocycles. The fourth-order valence-electron chi connectivity index (χ4n) is 5.07. The summed E-state index contributed by atoms with van der Waals surface area (Å²) in [4.78, 5) is 29.7. The van der Waals surface area contributed by atoms with Gasteiger partial charge in [-0.25, -0.2) is 4.39 Å². The first-order valence-electron chi connectivity index (χ1n) is 9.96. The molecule has 29 heavy (non-hydrogen) atoms. The van der Waals surface area contributed by atoms with Gasteiger partial charge in [-0.3, -0.25) is 14.5 Å². The van der Waals surface area contributed by atoms with Crippen molar-refractivity contribution in [2.45, 2.75) is 25.6 Å². The van der Waals surface area contributed by atoms with Crippen LogP contribution in [0, 0.1) is 17.7 Å². The highest BCUT2D eigenvalue weighted by atomic mass is 19.1. The normalized spacial score (nSPS) is 25.7. The average molecular weight is 399 g/mol. The molecule has 0 bridgehead atoms. The Labute approximate surface area is 169 Å². The summed E-state index contributed by atoms with van der Waals surface area (Å²) in [6.45, 7) is 3.01. The number of carbonyl (C=O) groups excluding carboxylic acids is 1. The lowest BCUT2D eigenvalue weighted by Crippen LogP contribution is -2.47. The first-order valence-corrected chi connectivity index (χ1v) is 9.96. The number of likely N-dealkylation sites (N-methyl/N-ethyl adjacent to an activating group) is 2. The number of pyridine rings is 1. The molecule has 2 aliphatic heterocycles. The number of aromatic nitrogens is 1. The molecule has 1 fully saturated rings. The molecule has 1 amide bonds. The van der Waals surface area contributed by atoms with Crippen LogP contribution >= 0.6 is 0 Å². The molecule has 0 unspecified atom stereocenters. The van der Waals surface area contributed by atoms with Gasteiger partial charge in [0.15, 0.2) is 0 Å². The molecule has 4 rings (SSSR count). The number of amides is 1. The van der Waals surface area contributed by atoms with Gasteiger partial charge in [-0.2, -0.15) is 0 Å². The van der Waals surface area contributed by atoms with Crippen molar-refractivity contribution in [1.82, 2.24) is 14.4 Å². The molecule has 154 valence electrons. The summed E-state index contributed by atoms with van der Waals surface area (Å²) in [6.07, 6.45) is 0. The lowest BCUT2D eigenvalue weighted by Gasteiger charge is -2.31. The maximum atomic E-state index is 13.3. The van der Waals surface area contributed by atoms with Crippen molar-refractivity contribution in [2.75, 3.05) is 27.2 Å². The highest BCUT2D eigenvalue weighted by Gasteiger charge is 2.55. The van der Waals surface area contributed by atoms with Crippen molar-refractivity contribution < 1.29 is 14.3 Å². The lowest BCUT2D eigenvalue weighted by atomic mass is 9.88. The van der Waals surface area contributed by atoms with E-state index >= 15 is 0 Å². The second-order valence-corrected chi connectivity index (χ2v) is 8.06. The summed E-state index contributed by atoms with van der Waals surface area (Å²) in [6, 6.07) is 9.15. The molecule has 4 atom stereocenters. The minimum absolute atomic E-state index is 0.00924. The zero-order valence-corrected chi connectivity index (χ0v) is 16.9. The van der Waals surface area contributed by atoms with E-state index in [1.807, 2.05) is 13.0 Å². The number of likely N-dealkylation sites (tertiary alicyclic amines) is 1. The van der Waals surface area contributed by atoms with Gasteiger partial charge in [0.05, 0.1) is 12.1 Å². The Balaban J connectivity index is 1.77. The van der Waals surface area contributed by atoms with Crippen LogP contribution in [0.15, 0.2) is 41.2 Å². The van der Waals surface area contributed by atoms with Gasteiger partial charge >= 0.3 is 0 Å². The van der Waals surface area contributed by atoms with E-state index in [9.17, 15) is 19.1 Å². The van der Waals surface area contributed by atoms with Crippen LogP contribution in [-0.2, 0) is 11.3 Å². The van der Waals surface area contributed by atoms with Crippen molar-refractivity contribution in [3.05, 3.63) is 58.3 Å². The monoisotopic (exact) mass is 399 g/mol. The number of aliphatic hydroxyl groups excluding tert-OH is 1. The van der Waals surface area contributed by atoms with E-state index in [0.29, 0.717) is 24.2 Å². The van der Waals surface area contributed by atoms with E-state index in [0.717, 1.165) is 5.69 Å². The van der Waals surface area contributed by atoms with Gasteiger partial charge < -0.3 is 14.6 Å². The fourth-order valence-corrected chi connectivity index (χ4v) is 5.07. The molecule has 1 saturated heterocycles. The quantitative estimate of drug-likeness (QED) is 0.850.